The molecule has 1 atom stereocenters. The van der Waals surface area contributed by atoms with Crippen LogP contribution in [0.3, 0.4) is 0 Å². The predicted molar refractivity (Wildman–Crippen MR) is 102 cm³/mol. The number of hydrogen-bond acceptors (Lipinski definition) is 4. The van der Waals surface area contributed by atoms with Crippen molar-refractivity contribution in [2.45, 2.75) is 36.2 Å². The lowest BCUT2D eigenvalue weighted by atomic mass is 10.1. The Morgan fingerprint density at radius 2 is 1.96 bits per heavy atom. The van der Waals surface area contributed by atoms with Gasteiger partial charge in [-0.3, -0.25) is 9.36 Å². The van der Waals surface area contributed by atoms with E-state index in [4.69, 9.17) is 0 Å². The number of aromatic nitrogens is 3. The maximum Gasteiger partial charge on any atom is 0.238 e. The van der Waals surface area contributed by atoms with Gasteiger partial charge in [-0.05, 0) is 49.1 Å². The van der Waals surface area contributed by atoms with Crippen LogP contribution < -0.4 is 5.32 Å². The van der Waals surface area contributed by atoms with E-state index in [-0.39, 0.29) is 17.8 Å². The molecular formula is C20H19FN4OS. The van der Waals surface area contributed by atoms with Gasteiger partial charge in [0.1, 0.15) is 17.4 Å². The van der Waals surface area contributed by atoms with Crippen molar-refractivity contribution in [2.24, 2.45) is 0 Å². The number of hydrogen-bond donors (Lipinski definition) is 1. The molecule has 2 aromatic carbocycles. The van der Waals surface area contributed by atoms with Gasteiger partial charge in [-0.25, -0.2) is 4.39 Å². The quantitative estimate of drug-likeness (QED) is 0.659. The van der Waals surface area contributed by atoms with Gasteiger partial charge < -0.3 is 5.32 Å². The number of thioether (sulfide) groups is 1. The predicted octanol–water partition coefficient (Wildman–Crippen LogP) is 3.83. The highest BCUT2D eigenvalue weighted by molar-refractivity contribution is 8.00. The van der Waals surface area contributed by atoms with E-state index in [9.17, 15) is 9.18 Å². The third-order valence-corrected chi connectivity index (χ3v) is 5.66. The van der Waals surface area contributed by atoms with Gasteiger partial charge >= 0.3 is 0 Å². The van der Waals surface area contributed by atoms with Gasteiger partial charge in [0.15, 0.2) is 5.16 Å². The van der Waals surface area contributed by atoms with Crippen LogP contribution in [0, 0.1) is 12.7 Å². The summed E-state index contributed by atoms with van der Waals surface area (Å²) < 4.78 is 15.2. The molecule has 1 fully saturated rings. The van der Waals surface area contributed by atoms with Gasteiger partial charge in [-0.15, -0.1) is 10.2 Å². The number of para-hydroxylation sites is 1. The highest BCUT2D eigenvalue weighted by Crippen LogP contribution is 2.36. The van der Waals surface area contributed by atoms with Crippen LogP contribution in [0.2, 0.25) is 0 Å². The summed E-state index contributed by atoms with van der Waals surface area (Å²) in [5, 5.41) is 11.4. The van der Waals surface area contributed by atoms with Crippen LogP contribution in [0.25, 0.3) is 5.69 Å². The van der Waals surface area contributed by atoms with Crippen LogP contribution >= 0.6 is 11.8 Å². The molecule has 0 bridgehead atoms. The zero-order valence-corrected chi connectivity index (χ0v) is 15.6. The summed E-state index contributed by atoms with van der Waals surface area (Å²) in [6.45, 7) is 2.01. The molecule has 0 unspecified atom stereocenters. The summed E-state index contributed by atoms with van der Waals surface area (Å²) in [5.41, 5.74) is 2.78. The third-order valence-electron chi connectivity index (χ3n) is 4.45. The summed E-state index contributed by atoms with van der Waals surface area (Å²) in [6, 6.07) is 14.2. The first-order chi connectivity index (χ1) is 13.1. The van der Waals surface area contributed by atoms with E-state index in [0.717, 1.165) is 29.7 Å². The molecule has 0 saturated heterocycles. The van der Waals surface area contributed by atoms with E-state index in [1.807, 2.05) is 35.8 Å². The topological polar surface area (TPSA) is 59.8 Å². The number of nitrogens with zero attached hydrogens (tertiary/aromatic N) is 3. The van der Waals surface area contributed by atoms with E-state index >= 15 is 0 Å². The first-order valence-electron chi connectivity index (χ1n) is 8.80. The molecule has 1 saturated carbocycles. The van der Waals surface area contributed by atoms with Crippen LogP contribution in [-0.2, 0) is 4.79 Å². The second-order valence-corrected chi connectivity index (χ2v) is 7.67. The molecule has 27 heavy (non-hydrogen) atoms. The fourth-order valence-corrected chi connectivity index (χ4v) is 3.86. The summed E-state index contributed by atoms with van der Waals surface area (Å²) >= 11 is 1.32. The van der Waals surface area contributed by atoms with Crippen molar-refractivity contribution in [3.8, 4) is 5.69 Å². The lowest BCUT2D eigenvalue weighted by molar-refractivity contribution is -0.120. The summed E-state index contributed by atoms with van der Waals surface area (Å²) in [6.07, 6.45) is 3.66. The fraction of sp³-hybridized carbons (Fsp3) is 0.250. The molecule has 4 rings (SSSR count). The van der Waals surface area contributed by atoms with Crippen molar-refractivity contribution >= 4 is 17.7 Å². The maximum atomic E-state index is 13.3. The zero-order valence-electron chi connectivity index (χ0n) is 14.8. The number of carbonyl (C=O) groups is 1. The average molecular weight is 382 g/mol. The number of amides is 1. The number of carbonyl (C=O) groups excluding carboxylic acids is 1. The molecule has 138 valence electrons. The molecule has 0 radical (unpaired) electrons. The molecular weight excluding hydrogens is 363 g/mol. The Morgan fingerprint density at radius 1 is 1.22 bits per heavy atom. The second kappa shape index (κ2) is 7.52. The SMILES string of the molecule is Cc1ccccc1-n1cnnc1S[C@H](C(=O)NC1CC1)c1ccc(F)cc1. The van der Waals surface area contributed by atoms with E-state index in [1.165, 1.54) is 23.9 Å². The molecule has 1 aliphatic carbocycles. The largest absolute Gasteiger partial charge is 0.352 e. The third kappa shape index (κ3) is 4.03. The molecule has 0 aliphatic heterocycles. The van der Waals surface area contributed by atoms with Gasteiger partial charge in [0.2, 0.25) is 5.91 Å². The lowest BCUT2D eigenvalue weighted by Gasteiger charge is -2.17. The van der Waals surface area contributed by atoms with Crippen LogP contribution in [0.1, 0.15) is 29.2 Å². The lowest BCUT2D eigenvalue weighted by Crippen LogP contribution is -2.30. The molecule has 0 spiro atoms. The molecule has 3 aromatic rings. The van der Waals surface area contributed by atoms with Gasteiger partial charge in [0.25, 0.3) is 0 Å². The molecule has 1 aromatic heterocycles. The Labute approximate surface area is 161 Å². The minimum Gasteiger partial charge on any atom is -0.352 e. The van der Waals surface area contributed by atoms with Gasteiger partial charge in [-0.2, -0.15) is 0 Å². The highest BCUT2D eigenvalue weighted by atomic mass is 32.2. The number of benzene rings is 2. The van der Waals surface area contributed by atoms with Gasteiger partial charge in [0, 0.05) is 6.04 Å². The smallest absolute Gasteiger partial charge is 0.238 e. The number of nitrogens with one attached hydrogen (secondary N) is 1. The normalized spacial score (nSPS) is 14.7. The van der Waals surface area contributed by atoms with Gasteiger partial charge in [0.05, 0.1) is 5.69 Å². The number of rotatable bonds is 6. The van der Waals surface area contributed by atoms with Crippen molar-refractivity contribution < 1.29 is 9.18 Å². The van der Waals surface area contributed by atoms with Gasteiger partial charge in [-0.1, -0.05) is 42.1 Å². The first-order valence-corrected chi connectivity index (χ1v) is 9.68. The van der Waals surface area contributed by atoms with E-state index in [2.05, 4.69) is 15.5 Å². The van der Waals surface area contributed by atoms with Crippen molar-refractivity contribution in [1.29, 1.82) is 0 Å². The highest BCUT2D eigenvalue weighted by Gasteiger charge is 2.30. The fourth-order valence-electron chi connectivity index (χ4n) is 2.82. The zero-order chi connectivity index (χ0) is 18.8. The Balaban J connectivity index is 1.66. The minimum absolute atomic E-state index is 0.0894. The number of aryl methyl sites for hydroxylation is 1. The molecule has 1 aliphatic rings. The standard InChI is InChI=1S/C20H19FN4OS/c1-13-4-2-3-5-17(13)25-12-22-24-20(25)27-18(19(26)23-16-10-11-16)14-6-8-15(21)9-7-14/h2-9,12,16,18H,10-11H2,1H3,(H,23,26)/t18-/m0/s1. The monoisotopic (exact) mass is 382 g/mol. The van der Waals surface area contributed by atoms with Crippen molar-refractivity contribution in [3.05, 3.63) is 71.8 Å². The Hall–Kier alpha value is -2.67. The van der Waals surface area contributed by atoms with E-state index < -0.39 is 5.25 Å². The van der Waals surface area contributed by atoms with Crippen molar-refractivity contribution in [2.75, 3.05) is 0 Å². The second-order valence-electron chi connectivity index (χ2n) is 6.60. The number of halogens is 1. The van der Waals surface area contributed by atoms with Crippen LogP contribution in [-0.4, -0.2) is 26.7 Å². The molecule has 1 heterocycles. The molecule has 5 nitrogen and oxygen atoms in total. The van der Waals surface area contributed by atoms with Crippen molar-refractivity contribution in [3.63, 3.8) is 0 Å². The van der Waals surface area contributed by atoms with E-state index in [0.29, 0.717) is 5.16 Å². The van der Waals surface area contributed by atoms with Crippen LogP contribution in [0.15, 0.2) is 60.0 Å². The molecule has 7 heteroatoms. The Bertz CT molecular complexity index is 953. The van der Waals surface area contributed by atoms with Crippen molar-refractivity contribution in [1.82, 2.24) is 20.1 Å². The van der Waals surface area contributed by atoms with Crippen LogP contribution in [0.5, 0.6) is 0 Å². The Kier molecular flexibility index (Phi) is 4.94. The minimum atomic E-state index is -0.529. The molecule has 1 amide bonds. The summed E-state index contributed by atoms with van der Waals surface area (Å²) in [7, 11) is 0. The average Bonchev–Trinajstić information content (AvgIpc) is 3.36. The summed E-state index contributed by atoms with van der Waals surface area (Å²) in [4.78, 5) is 12.8. The van der Waals surface area contributed by atoms with Crippen LogP contribution in [0.4, 0.5) is 4.39 Å². The Morgan fingerprint density at radius 3 is 2.67 bits per heavy atom. The molecule has 1 N–H and O–H groups in total. The first kappa shape index (κ1) is 17.7. The van der Waals surface area contributed by atoms with E-state index in [1.54, 1.807) is 18.5 Å². The summed E-state index contributed by atoms with van der Waals surface area (Å²) in [5.74, 6) is -0.415. The maximum absolute atomic E-state index is 13.3.